The summed E-state index contributed by atoms with van der Waals surface area (Å²) in [6, 6.07) is 11.8. The zero-order valence-corrected chi connectivity index (χ0v) is 15.7. The Morgan fingerprint density at radius 2 is 2.07 bits per heavy atom. The lowest BCUT2D eigenvalue weighted by molar-refractivity contribution is -0.154. The monoisotopic (exact) mass is 378 g/mol. The predicted molar refractivity (Wildman–Crippen MR) is 102 cm³/mol. The van der Waals surface area contributed by atoms with Gasteiger partial charge >= 0.3 is 5.97 Å². The van der Waals surface area contributed by atoms with E-state index in [0.29, 0.717) is 17.8 Å². The van der Waals surface area contributed by atoms with E-state index in [0.717, 1.165) is 35.4 Å². The third-order valence-corrected chi connectivity index (χ3v) is 5.62. The molecule has 5 rings (SSSR count). The molecule has 2 aliphatic rings. The molecular formula is C22H22N2O4. The Morgan fingerprint density at radius 1 is 1.25 bits per heavy atom. The number of carbonyl (C=O) groups excluding carboxylic acids is 1. The molecule has 6 nitrogen and oxygen atoms in total. The van der Waals surface area contributed by atoms with Gasteiger partial charge in [0.05, 0.1) is 23.9 Å². The van der Waals surface area contributed by atoms with Gasteiger partial charge in [0.1, 0.15) is 6.10 Å². The molecule has 2 heterocycles. The minimum atomic E-state index is -0.375. The SMILES string of the molecule is Cc1nc2c(O[C@@H]3c4ccccc4C[C@H]3OC(=O)C3CC3)cccn2c1CO. The van der Waals surface area contributed by atoms with Crippen LogP contribution in [0.2, 0.25) is 0 Å². The van der Waals surface area contributed by atoms with Crippen molar-refractivity contribution in [2.75, 3.05) is 0 Å². The average molecular weight is 378 g/mol. The van der Waals surface area contributed by atoms with E-state index in [1.807, 2.05) is 47.9 Å². The summed E-state index contributed by atoms with van der Waals surface area (Å²) in [5.41, 5.74) is 4.35. The molecule has 1 saturated carbocycles. The van der Waals surface area contributed by atoms with E-state index in [1.165, 1.54) is 0 Å². The first-order valence-electron chi connectivity index (χ1n) is 9.68. The van der Waals surface area contributed by atoms with Crippen LogP contribution in [0, 0.1) is 12.8 Å². The number of hydrogen-bond acceptors (Lipinski definition) is 5. The number of imidazole rings is 1. The first-order chi connectivity index (χ1) is 13.7. The highest BCUT2D eigenvalue weighted by molar-refractivity contribution is 5.75. The second kappa shape index (κ2) is 6.63. The van der Waals surface area contributed by atoms with Gasteiger partial charge in [-0.25, -0.2) is 4.98 Å². The van der Waals surface area contributed by atoms with Gasteiger partial charge < -0.3 is 14.6 Å². The van der Waals surface area contributed by atoms with Gasteiger partial charge in [-0.15, -0.1) is 0 Å². The number of carbonyl (C=O) groups is 1. The second-order valence-corrected chi connectivity index (χ2v) is 7.56. The molecule has 0 radical (unpaired) electrons. The number of fused-ring (bicyclic) bond motifs is 2. The number of aryl methyl sites for hydroxylation is 1. The van der Waals surface area contributed by atoms with Gasteiger partial charge in [-0.05, 0) is 43.0 Å². The highest BCUT2D eigenvalue weighted by Gasteiger charge is 2.40. The smallest absolute Gasteiger partial charge is 0.309 e. The van der Waals surface area contributed by atoms with Crippen LogP contribution >= 0.6 is 0 Å². The van der Waals surface area contributed by atoms with Crippen molar-refractivity contribution in [1.29, 1.82) is 0 Å². The maximum absolute atomic E-state index is 12.3. The number of aliphatic hydroxyl groups excluding tert-OH is 1. The lowest BCUT2D eigenvalue weighted by Crippen LogP contribution is -2.27. The summed E-state index contributed by atoms with van der Waals surface area (Å²) in [4.78, 5) is 16.9. The maximum Gasteiger partial charge on any atom is 0.309 e. The predicted octanol–water partition coefficient (Wildman–Crippen LogP) is 3.13. The van der Waals surface area contributed by atoms with Crippen molar-refractivity contribution in [2.45, 2.75) is 45.0 Å². The fourth-order valence-electron chi connectivity index (χ4n) is 3.95. The summed E-state index contributed by atoms with van der Waals surface area (Å²) < 4.78 is 14.1. The van der Waals surface area contributed by atoms with Crippen LogP contribution in [0.4, 0.5) is 0 Å². The number of benzene rings is 1. The molecular weight excluding hydrogens is 356 g/mol. The number of hydrogen-bond donors (Lipinski definition) is 1. The van der Waals surface area contributed by atoms with E-state index in [9.17, 15) is 9.90 Å². The Balaban J connectivity index is 1.51. The Hall–Kier alpha value is -2.86. The van der Waals surface area contributed by atoms with Crippen LogP contribution in [0.15, 0.2) is 42.6 Å². The summed E-state index contributed by atoms with van der Waals surface area (Å²) in [5, 5.41) is 9.65. The molecule has 1 N–H and O–H groups in total. The molecule has 3 aromatic rings. The number of ether oxygens (including phenoxy) is 2. The van der Waals surface area contributed by atoms with Crippen LogP contribution in [-0.2, 0) is 22.6 Å². The molecule has 0 saturated heterocycles. The van der Waals surface area contributed by atoms with Gasteiger partial charge in [0.25, 0.3) is 0 Å². The van der Waals surface area contributed by atoms with Gasteiger partial charge in [0.15, 0.2) is 17.5 Å². The van der Waals surface area contributed by atoms with Crippen LogP contribution in [-0.4, -0.2) is 26.6 Å². The molecule has 0 amide bonds. The summed E-state index contributed by atoms with van der Waals surface area (Å²) in [6.45, 7) is 1.78. The zero-order chi connectivity index (χ0) is 19.3. The third kappa shape index (κ3) is 2.85. The lowest BCUT2D eigenvalue weighted by atomic mass is 10.1. The van der Waals surface area contributed by atoms with E-state index >= 15 is 0 Å². The molecule has 0 bridgehead atoms. The van der Waals surface area contributed by atoms with Crippen LogP contribution in [0.1, 0.15) is 41.5 Å². The van der Waals surface area contributed by atoms with Crippen molar-refractivity contribution in [1.82, 2.24) is 9.38 Å². The standard InChI is InChI=1S/C22H22N2O4/c1-13-17(12-25)24-10-4-7-18(21(24)23-13)27-20-16-6-3-2-5-15(16)11-19(20)28-22(26)14-8-9-14/h2-7,10,14,19-20,25H,8-9,11-12H2,1H3/t19-,20-/m1/s1. The first kappa shape index (κ1) is 17.3. The molecule has 0 unspecified atom stereocenters. The van der Waals surface area contributed by atoms with E-state index in [-0.39, 0.29) is 30.7 Å². The van der Waals surface area contributed by atoms with Gasteiger partial charge in [-0.1, -0.05) is 24.3 Å². The lowest BCUT2D eigenvalue weighted by Gasteiger charge is -2.22. The van der Waals surface area contributed by atoms with Crippen molar-refractivity contribution in [3.8, 4) is 5.75 Å². The molecule has 1 fully saturated rings. The van der Waals surface area contributed by atoms with Crippen LogP contribution in [0.5, 0.6) is 5.75 Å². The minimum Gasteiger partial charge on any atom is -0.478 e. The number of esters is 1. The van der Waals surface area contributed by atoms with E-state index in [2.05, 4.69) is 11.1 Å². The number of nitrogens with zero attached hydrogens (tertiary/aromatic N) is 2. The molecule has 2 atom stereocenters. The zero-order valence-electron chi connectivity index (χ0n) is 15.7. The second-order valence-electron chi connectivity index (χ2n) is 7.56. The molecule has 144 valence electrons. The molecule has 2 aliphatic carbocycles. The van der Waals surface area contributed by atoms with Crippen molar-refractivity contribution in [2.24, 2.45) is 5.92 Å². The third-order valence-electron chi connectivity index (χ3n) is 5.62. The van der Waals surface area contributed by atoms with E-state index in [4.69, 9.17) is 9.47 Å². The number of aliphatic hydroxyl groups is 1. The number of aromatic nitrogens is 2. The van der Waals surface area contributed by atoms with Gasteiger partial charge in [0, 0.05) is 12.6 Å². The van der Waals surface area contributed by atoms with Crippen molar-refractivity contribution in [3.63, 3.8) is 0 Å². The van der Waals surface area contributed by atoms with Gasteiger partial charge in [-0.2, -0.15) is 0 Å². The largest absolute Gasteiger partial charge is 0.478 e. The van der Waals surface area contributed by atoms with Crippen molar-refractivity contribution < 1.29 is 19.4 Å². The quantitative estimate of drug-likeness (QED) is 0.691. The molecule has 0 spiro atoms. The molecule has 1 aromatic carbocycles. The fraction of sp³-hybridized carbons (Fsp3) is 0.364. The Kier molecular flexibility index (Phi) is 4.09. The first-order valence-corrected chi connectivity index (χ1v) is 9.68. The minimum absolute atomic E-state index is 0.0508. The normalized spacial score (nSPS) is 20.9. The number of pyridine rings is 1. The Morgan fingerprint density at radius 3 is 2.86 bits per heavy atom. The summed E-state index contributed by atoms with van der Waals surface area (Å²) >= 11 is 0. The van der Waals surface area contributed by atoms with Crippen LogP contribution < -0.4 is 4.74 Å². The summed E-state index contributed by atoms with van der Waals surface area (Å²) in [6.07, 6.45) is 3.62. The molecule has 6 heteroatoms. The topological polar surface area (TPSA) is 73.1 Å². The Labute approximate surface area is 162 Å². The molecule has 28 heavy (non-hydrogen) atoms. The summed E-state index contributed by atoms with van der Waals surface area (Å²) in [5.74, 6) is 0.540. The fourth-order valence-corrected chi connectivity index (χ4v) is 3.95. The van der Waals surface area contributed by atoms with Crippen molar-refractivity contribution in [3.05, 3.63) is 65.1 Å². The van der Waals surface area contributed by atoms with Crippen LogP contribution in [0.3, 0.4) is 0 Å². The highest BCUT2D eigenvalue weighted by atomic mass is 16.6. The highest BCUT2D eigenvalue weighted by Crippen LogP contribution is 2.40. The van der Waals surface area contributed by atoms with Gasteiger partial charge in [0.2, 0.25) is 0 Å². The average Bonchev–Trinajstić information content (AvgIpc) is 3.42. The molecule has 2 aromatic heterocycles. The summed E-state index contributed by atoms with van der Waals surface area (Å²) in [7, 11) is 0. The van der Waals surface area contributed by atoms with Gasteiger partial charge in [-0.3, -0.25) is 9.20 Å². The Bertz CT molecular complexity index is 1050. The number of rotatable bonds is 5. The van der Waals surface area contributed by atoms with E-state index in [1.54, 1.807) is 0 Å². The van der Waals surface area contributed by atoms with Crippen LogP contribution in [0.25, 0.3) is 5.65 Å². The van der Waals surface area contributed by atoms with Crippen molar-refractivity contribution >= 4 is 11.6 Å². The van der Waals surface area contributed by atoms with E-state index < -0.39 is 0 Å². The molecule has 0 aliphatic heterocycles. The maximum atomic E-state index is 12.3.